The molecule has 2 bridgehead atoms. The standard InChI is InChI=1S/C27H30F3N7O3/c1-14-20(36-40-35-14)23(38)33-22(16-4-6-27(29,30)7-5-16)18-10-37-19(32-18)8-17(9-31-37)21(15-2-3-15)34-24(39)25-11-26(28,12-25)13-25/h8-10,15-16,21-22H,2-7,11-13H2,1H3,(H,33,38)(H,34,39)/t21-,22+,25-,26-/m1/s1. The first-order valence-electron chi connectivity index (χ1n) is 13.9. The normalized spacial score (nSPS) is 28.8. The number of aryl methyl sites for hydroxylation is 1. The van der Waals surface area contributed by atoms with Gasteiger partial charge in [-0.3, -0.25) is 9.59 Å². The lowest BCUT2D eigenvalue weighted by molar-refractivity contribution is -0.214. The van der Waals surface area contributed by atoms with E-state index >= 15 is 0 Å². The first-order chi connectivity index (χ1) is 19.0. The number of nitrogens with zero attached hydrogens (tertiary/aromatic N) is 5. The lowest BCUT2D eigenvalue weighted by Crippen LogP contribution is -2.70. The van der Waals surface area contributed by atoms with Crippen LogP contribution in [0.4, 0.5) is 13.2 Å². The van der Waals surface area contributed by atoms with Crippen LogP contribution in [-0.2, 0) is 4.79 Å². The molecule has 3 aromatic heterocycles. The average Bonchev–Trinajstić information content (AvgIpc) is 3.48. The van der Waals surface area contributed by atoms with Crippen LogP contribution in [0.3, 0.4) is 0 Å². The fourth-order valence-corrected chi connectivity index (χ4v) is 6.81. The highest BCUT2D eigenvalue weighted by Crippen LogP contribution is 2.69. The molecule has 5 fully saturated rings. The van der Waals surface area contributed by atoms with Gasteiger partial charge in [-0.1, -0.05) is 5.16 Å². The summed E-state index contributed by atoms with van der Waals surface area (Å²) in [6, 6.07) is 0.965. The van der Waals surface area contributed by atoms with Crippen LogP contribution in [0.15, 0.2) is 23.1 Å². The van der Waals surface area contributed by atoms with Crippen molar-refractivity contribution >= 4 is 17.5 Å². The number of rotatable bonds is 8. The summed E-state index contributed by atoms with van der Waals surface area (Å²) in [6.07, 6.45) is 6.15. The molecule has 0 radical (unpaired) electrons. The van der Waals surface area contributed by atoms with Gasteiger partial charge in [0.05, 0.1) is 35.6 Å². The van der Waals surface area contributed by atoms with Crippen LogP contribution in [0.5, 0.6) is 0 Å². The van der Waals surface area contributed by atoms with Crippen LogP contribution >= 0.6 is 0 Å². The van der Waals surface area contributed by atoms with Gasteiger partial charge in [0.1, 0.15) is 11.4 Å². The van der Waals surface area contributed by atoms with E-state index in [0.29, 0.717) is 36.3 Å². The summed E-state index contributed by atoms with van der Waals surface area (Å²) >= 11 is 0. The van der Waals surface area contributed by atoms with E-state index in [1.807, 2.05) is 6.07 Å². The summed E-state index contributed by atoms with van der Waals surface area (Å²) in [7, 11) is 0. The van der Waals surface area contributed by atoms with Crippen molar-refractivity contribution < 1.29 is 27.4 Å². The molecule has 0 aliphatic heterocycles. The zero-order chi connectivity index (χ0) is 27.9. The maximum Gasteiger partial charge on any atom is 0.276 e. The van der Waals surface area contributed by atoms with E-state index in [1.54, 1.807) is 23.8 Å². The molecular weight excluding hydrogens is 527 g/mol. The van der Waals surface area contributed by atoms with Gasteiger partial charge in [0.25, 0.3) is 5.91 Å². The molecule has 8 rings (SSSR count). The molecule has 0 spiro atoms. The Labute approximate surface area is 227 Å². The van der Waals surface area contributed by atoms with Gasteiger partial charge in [-0.2, -0.15) is 5.10 Å². The number of halogens is 3. The van der Waals surface area contributed by atoms with Crippen molar-refractivity contribution in [2.45, 2.75) is 88.4 Å². The first-order valence-corrected chi connectivity index (χ1v) is 13.9. The first kappa shape index (κ1) is 25.5. The zero-order valence-corrected chi connectivity index (χ0v) is 22.0. The Morgan fingerprint density at radius 3 is 2.35 bits per heavy atom. The van der Waals surface area contributed by atoms with Crippen LogP contribution in [0.25, 0.3) is 5.65 Å². The average molecular weight is 558 g/mol. The molecule has 2 amide bonds. The molecule has 0 unspecified atom stereocenters. The highest BCUT2D eigenvalue weighted by Gasteiger charge is 2.73. The Bertz CT molecular complexity index is 1470. The summed E-state index contributed by atoms with van der Waals surface area (Å²) in [5.74, 6) is -3.32. The second-order valence-electron chi connectivity index (χ2n) is 12.4. The number of nitrogens with one attached hydrogen (secondary N) is 2. The van der Waals surface area contributed by atoms with Gasteiger partial charge in [0.15, 0.2) is 11.3 Å². The monoisotopic (exact) mass is 557 g/mol. The molecule has 5 aliphatic carbocycles. The molecule has 212 valence electrons. The Kier molecular flexibility index (Phi) is 5.56. The summed E-state index contributed by atoms with van der Waals surface area (Å²) < 4.78 is 48.2. The number of alkyl halides is 3. The van der Waals surface area contributed by atoms with Gasteiger partial charge in [-0.15, -0.1) is 0 Å². The number of hydrogen-bond acceptors (Lipinski definition) is 7. The van der Waals surface area contributed by atoms with Crippen LogP contribution < -0.4 is 10.6 Å². The van der Waals surface area contributed by atoms with Gasteiger partial charge in [0, 0.05) is 12.8 Å². The molecule has 5 saturated carbocycles. The molecule has 13 heteroatoms. The molecule has 0 saturated heterocycles. The van der Waals surface area contributed by atoms with E-state index in [2.05, 4.69) is 30.7 Å². The van der Waals surface area contributed by atoms with Gasteiger partial charge in [-0.05, 0) is 80.5 Å². The predicted octanol–water partition coefficient (Wildman–Crippen LogP) is 4.18. The van der Waals surface area contributed by atoms with E-state index in [0.717, 1.165) is 18.4 Å². The van der Waals surface area contributed by atoms with Crippen molar-refractivity contribution in [2.24, 2.45) is 17.3 Å². The smallest absolute Gasteiger partial charge is 0.276 e. The number of carbonyl (C=O) groups is 2. The lowest BCUT2D eigenvalue weighted by atomic mass is 9.42. The second-order valence-corrected chi connectivity index (χ2v) is 12.4. The quantitative estimate of drug-likeness (QED) is 0.425. The van der Waals surface area contributed by atoms with Crippen molar-refractivity contribution in [1.29, 1.82) is 0 Å². The fourth-order valence-electron chi connectivity index (χ4n) is 6.81. The van der Waals surface area contributed by atoms with Crippen LogP contribution in [0, 0.1) is 24.2 Å². The number of fused-ring (bicyclic) bond motifs is 1. The molecule has 2 atom stereocenters. The lowest BCUT2D eigenvalue weighted by Gasteiger charge is -2.64. The van der Waals surface area contributed by atoms with E-state index in [4.69, 9.17) is 4.98 Å². The molecule has 10 nitrogen and oxygen atoms in total. The number of amides is 2. The highest BCUT2D eigenvalue weighted by atomic mass is 19.3. The van der Waals surface area contributed by atoms with Crippen LogP contribution in [-0.4, -0.2) is 48.3 Å². The maximum atomic E-state index is 14.0. The number of aromatic nitrogens is 5. The third-order valence-electron chi connectivity index (χ3n) is 9.25. The Hall–Kier alpha value is -3.51. The van der Waals surface area contributed by atoms with Crippen molar-refractivity contribution in [1.82, 2.24) is 35.5 Å². The molecule has 3 aromatic rings. The molecule has 5 aliphatic rings. The molecular formula is C27H30F3N7O3. The minimum Gasteiger partial charge on any atom is -0.348 e. The maximum absolute atomic E-state index is 14.0. The SMILES string of the molecule is Cc1nonc1C(=O)N[C@H](c1cn2ncc([C@H](NC(=O)[C@]34C[C@@](F)(C3)C4)C3CC3)cc2n1)C1CCC(F)(F)CC1. The fraction of sp³-hybridized carbons (Fsp3) is 0.630. The van der Waals surface area contributed by atoms with Crippen molar-refractivity contribution in [3.63, 3.8) is 0 Å². The van der Waals surface area contributed by atoms with Crippen molar-refractivity contribution in [3.8, 4) is 0 Å². The minimum absolute atomic E-state index is 0.0285. The number of imidazole rings is 1. The van der Waals surface area contributed by atoms with Gasteiger partial charge in [0.2, 0.25) is 11.8 Å². The summed E-state index contributed by atoms with van der Waals surface area (Å²) in [5.41, 5.74) is 0.449. The van der Waals surface area contributed by atoms with E-state index in [9.17, 15) is 22.8 Å². The van der Waals surface area contributed by atoms with Gasteiger partial charge >= 0.3 is 0 Å². The van der Waals surface area contributed by atoms with E-state index < -0.39 is 29.0 Å². The topological polar surface area (TPSA) is 127 Å². The summed E-state index contributed by atoms with van der Waals surface area (Å²) in [4.78, 5) is 30.8. The van der Waals surface area contributed by atoms with Crippen LogP contribution in [0.1, 0.15) is 97.3 Å². The number of carbonyl (C=O) groups excluding carboxylic acids is 2. The Morgan fingerprint density at radius 2 is 1.73 bits per heavy atom. The van der Waals surface area contributed by atoms with Gasteiger partial charge in [-0.25, -0.2) is 27.3 Å². The molecule has 40 heavy (non-hydrogen) atoms. The molecule has 3 heterocycles. The van der Waals surface area contributed by atoms with Crippen molar-refractivity contribution in [3.05, 3.63) is 41.1 Å². The van der Waals surface area contributed by atoms with Crippen molar-refractivity contribution in [2.75, 3.05) is 0 Å². The minimum atomic E-state index is -2.72. The molecule has 0 aromatic carbocycles. The predicted molar refractivity (Wildman–Crippen MR) is 133 cm³/mol. The highest BCUT2D eigenvalue weighted by molar-refractivity contribution is 5.93. The summed E-state index contributed by atoms with van der Waals surface area (Å²) in [6.45, 7) is 1.59. The van der Waals surface area contributed by atoms with Crippen LogP contribution in [0.2, 0.25) is 0 Å². The Morgan fingerprint density at radius 1 is 1.02 bits per heavy atom. The second kappa shape index (κ2) is 8.74. The summed E-state index contributed by atoms with van der Waals surface area (Å²) in [5, 5.41) is 17.9. The van der Waals surface area contributed by atoms with E-state index in [1.165, 1.54) is 0 Å². The third-order valence-corrected chi connectivity index (χ3v) is 9.25. The molecule has 2 N–H and O–H groups in total. The third kappa shape index (κ3) is 4.33. The largest absolute Gasteiger partial charge is 0.348 e. The number of hydrogen-bond donors (Lipinski definition) is 2. The zero-order valence-electron chi connectivity index (χ0n) is 22.0. The Balaban J connectivity index is 1.15. The van der Waals surface area contributed by atoms with E-state index in [-0.39, 0.29) is 55.2 Å². The van der Waals surface area contributed by atoms with Gasteiger partial charge < -0.3 is 10.6 Å².